The number of carbonyl (C=O) groups is 1. The topological polar surface area (TPSA) is 74.3 Å². The Morgan fingerprint density at radius 3 is 2.09 bits per heavy atom. The van der Waals surface area contributed by atoms with E-state index in [0.717, 1.165) is 18.1 Å². The SMILES string of the molecule is CC[Si](CC)(CC)c1cc(Br)nc([C@@](CF)(CC(=O)OC(C)(C)C)N[S@+]([O-])C(C)(C)C)c1F. The summed E-state index contributed by atoms with van der Waals surface area (Å²) in [4.78, 5) is 17.1. The molecule has 190 valence electrons. The van der Waals surface area contributed by atoms with Crippen molar-refractivity contribution in [2.45, 2.75) is 103 Å². The lowest BCUT2D eigenvalue weighted by Gasteiger charge is -2.37. The number of rotatable bonds is 10. The van der Waals surface area contributed by atoms with Crippen LogP contribution in [0.25, 0.3) is 0 Å². The Hall–Kier alpha value is -0.553. The zero-order valence-corrected chi connectivity index (χ0v) is 24.7. The number of nitrogens with one attached hydrogen (secondary N) is 1. The standard InChI is InChI=1S/C23H39BrF2N2O3SSi/c1-10-33(11-2,12-3)16-13-17(24)27-20(19(16)26)23(15-25,28-32(30)22(7,8)9)14-18(29)31-21(4,5)6/h13,28H,10-12,14-15H2,1-9H3/t23-,32+/m0/s1. The normalized spacial score (nSPS) is 15.8. The summed E-state index contributed by atoms with van der Waals surface area (Å²) in [6.45, 7) is 15.2. The molecular formula is C23H39BrF2N2O3SSi. The Morgan fingerprint density at radius 1 is 1.18 bits per heavy atom. The van der Waals surface area contributed by atoms with Gasteiger partial charge in [-0.3, -0.25) is 4.79 Å². The van der Waals surface area contributed by atoms with Crippen LogP contribution in [0.15, 0.2) is 10.7 Å². The largest absolute Gasteiger partial charge is 0.598 e. The number of hydrogen-bond acceptors (Lipinski definition) is 5. The van der Waals surface area contributed by atoms with Gasteiger partial charge in [0, 0.05) is 11.4 Å². The lowest BCUT2D eigenvalue weighted by atomic mass is 9.92. The molecule has 0 saturated carbocycles. The highest BCUT2D eigenvalue weighted by molar-refractivity contribution is 9.10. The van der Waals surface area contributed by atoms with Gasteiger partial charge in [0.2, 0.25) is 0 Å². The molecule has 1 heterocycles. The Kier molecular flexibility index (Phi) is 10.6. The molecule has 0 bridgehead atoms. The molecule has 2 atom stereocenters. The van der Waals surface area contributed by atoms with Gasteiger partial charge in [-0.15, -0.1) is 4.72 Å². The van der Waals surface area contributed by atoms with Crippen LogP contribution in [-0.2, 0) is 26.4 Å². The molecule has 0 aliphatic rings. The summed E-state index contributed by atoms with van der Waals surface area (Å²) in [5.41, 5.74) is -3.01. The average Bonchev–Trinajstić information content (AvgIpc) is 2.69. The molecule has 0 saturated heterocycles. The number of ether oxygens (including phenoxy) is 1. The highest BCUT2D eigenvalue weighted by atomic mass is 79.9. The number of aromatic nitrogens is 1. The molecule has 1 aromatic rings. The van der Waals surface area contributed by atoms with Crippen LogP contribution >= 0.6 is 15.9 Å². The minimum absolute atomic E-state index is 0.245. The summed E-state index contributed by atoms with van der Waals surface area (Å²) >= 11 is 1.57. The molecule has 0 unspecified atom stereocenters. The average molecular weight is 570 g/mol. The smallest absolute Gasteiger partial charge is 0.308 e. The van der Waals surface area contributed by atoms with Gasteiger partial charge in [-0.25, -0.2) is 13.8 Å². The Bertz CT molecular complexity index is 821. The van der Waals surface area contributed by atoms with Crippen LogP contribution in [0.5, 0.6) is 0 Å². The van der Waals surface area contributed by atoms with E-state index in [1.807, 2.05) is 20.8 Å². The molecule has 0 aliphatic heterocycles. The number of pyridine rings is 1. The van der Waals surface area contributed by atoms with Crippen LogP contribution in [0.1, 0.15) is 74.4 Å². The van der Waals surface area contributed by atoms with Crippen LogP contribution in [0.2, 0.25) is 18.1 Å². The Balaban J connectivity index is 3.82. The molecule has 1 rings (SSSR count). The van der Waals surface area contributed by atoms with E-state index in [0.29, 0.717) is 9.79 Å². The summed E-state index contributed by atoms with van der Waals surface area (Å²) in [5, 5.41) is 0.539. The van der Waals surface area contributed by atoms with Crippen molar-refractivity contribution in [3.63, 3.8) is 0 Å². The first-order chi connectivity index (χ1) is 15.0. The number of carbonyl (C=O) groups excluding carboxylic acids is 1. The van der Waals surface area contributed by atoms with Gasteiger partial charge in [-0.05, 0) is 68.7 Å². The zero-order valence-electron chi connectivity index (χ0n) is 21.3. The van der Waals surface area contributed by atoms with Crippen molar-refractivity contribution < 1.29 is 22.9 Å². The van der Waals surface area contributed by atoms with Crippen molar-refractivity contribution in [1.29, 1.82) is 0 Å². The van der Waals surface area contributed by atoms with Gasteiger partial charge in [0.05, 0.1) is 14.5 Å². The summed E-state index contributed by atoms with van der Waals surface area (Å²) in [6, 6.07) is 4.10. The predicted octanol–water partition coefficient (Wildman–Crippen LogP) is 5.65. The van der Waals surface area contributed by atoms with Crippen LogP contribution in [0, 0.1) is 5.82 Å². The first-order valence-electron chi connectivity index (χ1n) is 11.3. The fourth-order valence-corrected chi connectivity index (χ4v) is 8.95. The van der Waals surface area contributed by atoms with Crippen molar-refractivity contribution in [3.05, 3.63) is 22.2 Å². The Morgan fingerprint density at radius 2 is 1.70 bits per heavy atom. The predicted molar refractivity (Wildman–Crippen MR) is 138 cm³/mol. The molecule has 0 fully saturated rings. The molecule has 33 heavy (non-hydrogen) atoms. The number of halogens is 3. The molecule has 10 heteroatoms. The maximum atomic E-state index is 16.2. The molecule has 0 spiro atoms. The maximum absolute atomic E-state index is 16.2. The summed E-state index contributed by atoms with van der Waals surface area (Å²) in [6.07, 6.45) is -0.554. The minimum atomic E-state index is -2.23. The third-order valence-corrected chi connectivity index (χ3v) is 13.6. The molecule has 5 nitrogen and oxygen atoms in total. The fourth-order valence-electron chi connectivity index (χ4n) is 3.78. The Labute approximate surface area is 210 Å². The first kappa shape index (κ1) is 30.5. The highest BCUT2D eigenvalue weighted by Gasteiger charge is 2.48. The third-order valence-electron chi connectivity index (χ3n) is 5.92. The van der Waals surface area contributed by atoms with Crippen LogP contribution in [0.4, 0.5) is 8.78 Å². The van der Waals surface area contributed by atoms with Crippen molar-refractivity contribution in [2.24, 2.45) is 0 Å². The molecule has 1 aromatic heterocycles. The van der Waals surface area contributed by atoms with E-state index in [1.54, 1.807) is 47.6 Å². The fraction of sp³-hybridized carbons (Fsp3) is 0.739. The second-order valence-electron chi connectivity index (χ2n) is 10.5. The van der Waals surface area contributed by atoms with Crippen molar-refractivity contribution >= 4 is 46.5 Å². The van der Waals surface area contributed by atoms with Crippen LogP contribution in [-0.4, -0.2) is 40.6 Å². The van der Waals surface area contributed by atoms with Gasteiger partial charge in [-0.1, -0.05) is 38.9 Å². The van der Waals surface area contributed by atoms with Crippen LogP contribution in [0.3, 0.4) is 0 Å². The number of hydrogen-bond donors (Lipinski definition) is 1. The zero-order chi connectivity index (χ0) is 25.8. The molecule has 0 amide bonds. The summed E-state index contributed by atoms with van der Waals surface area (Å²) < 4.78 is 51.9. The summed E-state index contributed by atoms with van der Waals surface area (Å²) in [5.74, 6) is -1.36. The van der Waals surface area contributed by atoms with E-state index in [1.165, 1.54) is 0 Å². The molecule has 0 aromatic carbocycles. The first-order valence-corrected chi connectivity index (χ1v) is 15.9. The van der Waals surface area contributed by atoms with E-state index < -0.39 is 60.2 Å². The lowest BCUT2D eigenvalue weighted by Crippen LogP contribution is -2.56. The van der Waals surface area contributed by atoms with E-state index >= 15 is 4.39 Å². The molecular weight excluding hydrogens is 530 g/mol. The number of alkyl halides is 1. The van der Waals surface area contributed by atoms with E-state index in [9.17, 15) is 13.7 Å². The maximum Gasteiger partial charge on any atom is 0.308 e. The van der Waals surface area contributed by atoms with Crippen molar-refractivity contribution in [2.75, 3.05) is 6.67 Å². The van der Waals surface area contributed by atoms with Gasteiger partial charge in [0.1, 0.15) is 38.7 Å². The third kappa shape index (κ3) is 7.46. The second kappa shape index (κ2) is 11.5. The van der Waals surface area contributed by atoms with Crippen molar-refractivity contribution in [1.82, 2.24) is 9.71 Å². The lowest BCUT2D eigenvalue weighted by molar-refractivity contribution is -0.156. The summed E-state index contributed by atoms with van der Waals surface area (Å²) in [7, 11) is -2.23. The van der Waals surface area contributed by atoms with Gasteiger partial charge >= 0.3 is 5.97 Å². The molecule has 1 N–H and O–H groups in total. The number of esters is 1. The van der Waals surface area contributed by atoms with Gasteiger partial charge in [-0.2, -0.15) is 0 Å². The minimum Gasteiger partial charge on any atom is -0.598 e. The van der Waals surface area contributed by atoms with Gasteiger partial charge in [0.25, 0.3) is 0 Å². The van der Waals surface area contributed by atoms with E-state index in [2.05, 4.69) is 25.6 Å². The second-order valence-corrected chi connectivity index (χ2v) is 18.5. The van der Waals surface area contributed by atoms with Gasteiger partial charge in [0.15, 0.2) is 0 Å². The van der Waals surface area contributed by atoms with E-state index in [4.69, 9.17) is 4.74 Å². The van der Waals surface area contributed by atoms with Gasteiger partial charge < -0.3 is 9.29 Å². The number of nitrogens with zero attached hydrogens (tertiary/aromatic N) is 1. The van der Waals surface area contributed by atoms with E-state index in [-0.39, 0.29) is 5.69 Å². The monoisotopic (exact) mass is 568 g/mol. The van der Waals surface area contributed by atoms with Crippen LogP contribution < -0.4 is 9.91 Å². The van der Waals surface area contributed by atoms with Crippen molar-refractivity contribution in [3.8, 4) is 0 Å². The highest BCUT2D eigenvalue weighted by Crippen LogP contribution is 2.34. The molecule has 0 radical (unpaired) electrons. The molecule has 0 aliphatic carbocycles. The quantitative estimate of drug-likeness (QED) is 0.171.